The third-order valence-corrected chi connectivity index (χ3v) is 3.21. The van der Waals surface area contributed by atoms with Crippen LogP contribution in [0.3, 0.4) is 0 Å². The van der Waals surface area contributed by atoms with Gasteiger partial charge in [0.15, 0.2) is 0 Å². The van der Waals surface area contributed by atoms with E-state index in [2.05, 4.69) is 52.6 Å². The van der Waals surface area contributed by atoms with Crippen LogP contribution in [0.1, 0.15) is 25.2 Å². The van der Waals surface area contributed by atoms with Crippen LogP contribution in [-0.2, 0) is 0 Å². The minimum absolute atomic E-state index is 0.208. The number of hydrogen-bond donors (Lipinski definition) is 1. The highest BCUT2D eigenvalue weighted by Crippen LogP contribution is 2.19. The predicted molar refractivity (Wildman–Crippen MR) is 93.6 cm³/mol. The maximum atomic E-state index is 5.79. The third-order valence-electron chi connectivity index (χ3n) is 2.33. The number of nitrogen functional groups attached to an aromatic ring is 1. The van der Waals surface area contributed by atoms with Crippen molar-refractivity contribution in [1.29, 1.82) is 0 Å². The van der Waals surface area contributed by atoms with Crippen LogP contribution in [0, 0.1) is 11.5 Å². The summed E-state index contributed by atoms with van der Waals surface area (Å²) in [6.45, 7) is 14.1. The van der Waals surface area contributed by atoms with Gasteiger partial charge in [0, 0.05) is 12.3 Å². The van der Waals surface area contributed by atoms with Gasteiger partial charge in [-0.25, -0.2) is 9.97 Å². The first kappa shape index (κ1) is 16.9. The topological polar surface area (TPSA) is 64.2 Å². The number of nitrogens with zero attached hydrogens (tertiary/aromatic N) is 3. The first-order valence-corrected chi connectivity index (χ1v) is 10.2. The van der Waals surface area contributed by atoms with E-state index in [-0.39, 0.29) is 5.95 Å². The van der Waals surface area contributed by atoms with E-state index >= 15 is 0 Å². The lowest BCUT2D eigenvalue weighted by Crippen LogP contribution is -2.16. The monoisotopic (exact) mass is 298 g/mol. The molecule has 0 atom stereocenters. The summed E-state index contributed by atoms with van der Waals surface area (Å²) in [7, 11) is -1.46. The zero-order chi connectivity index (χ0) is 16.0. The Labute approximate surface area is 127 Å². The molecule has 0 aromatic carbocycles. The Morgan fingerprint density at radius 3 is 2.52 bits per heavy atom. The molecule has 21 heavy (non-hydrogen) atoms. The molecule has 0 bridgehead atoms. The van der Waals surface area contributed by atoms with E-state index in [9.17, 15) is 0 Å². The lowest BCUT2D eigenvalue weighted by atomic mass is 10.2. The molecule has 0 amide bonds. The molecule has 110 valence electrons. The van der Waals surface area contributed by atoms with Crippen molar-refractivity contribution in [2.24, 2.45) is 4.99 Å². The van der Waals surface area contributed by atoms with E-state index in [1.807, 2.05) is 19.9 Å². The molecule has 1 aromatic heterocycles. The van der Waals surface area contributed by atoms with Gasteiger partial charge in [0.1, 0.15) is 13.8 Å². The summed E-state index contributed by atoms with van der Waals surface area (Å²) in [5, 5.41) is 0. The summed E-state index contributed by atoms with van der Waals surface area (Å²) >= 11 is 0. The molecule has 0 aliphatic carbocycles. The van der Waals surface area contributed by atoms with Gasteiger partial charge >= 0.3 is 0 Å². The first-order valence-electron chi connectivity index (χ1n) is 6.73. The van der Waals surface area contributed by atoms with Crippen LogP contribution in [0.2, 0.25) is 19.6 Å². The normalized spacial score (nSPS) is 10.9. The van der Waals surface area contributed by atoms with Gasteiger partial charge in [-0.3, -0.25) is 4.99 Å². The number of allylic oxidation sites excluding steroid dienone is 2. The Bertz CT molecular complexity index is 651. The second-order valence-corrected chi connectivity index (χ2v) is 10.6. The highest BCUT2D eigenvalue weighted by molar-refractivity contribution is 6.83. The SMILES string of the molecule is C=C/C=N\C(=C(C)C)c1cc(C#C[Si](C)(C)C)nc(N)n1. The van der Waals surface area contributed by atoms with E-state index < -0.39 is 8.07 Å². The summed E-state index contributed by atoms with van der Waals surface area (Å²) in [5.74, 6) is 3.31. The second-order valence-electron chi connectivity index (χ2n) is 5.86. The Morgan fingerprint density at radius 1 is 1.33 bits per heavy atom. The van der Waals surface area contributed by atoms with Crippen LogP contribution >= 0.6 is 0 Å². The van der Waals surface area contributed by atoms with Gasteiger partial charge in [0.05, 0.1) is 11.4 Å². The average Bonchev–Trinajstić information content (AvgIpc) is 2.35. The molecular weight excluding hydrogens is 276 g/mol. The lowest BCUT2D eigenvalue weighted by Gasteiger charge is -2.06. The Morgan fingerprint density at radius 2 is 2.00 bits per heavy atom. The predicted octanol–water partition coefficient (Wildman–Crippen LogP) is 3.30. The van der Waals surface area contributed by atoms with Crippen molar-refractivity contribution < 1.29 is 0 Å². The van der Waals surface area contributed by atoms with Gasteiger partial charge in [-0.15, -0.1) is 5.54 Å². The molecule has 0 aliphatic rings. The van der Waals surface area contributed by atoms with E-state index in [4.69, 9.17) is 5.73 Å². The van der Waals surface area contributed by atoms with Crippen LogP contribution in [0.25, 0.3) is 5.70 Å². The molecule has 0 fully saturated rings. The quantitative estimate of drug-likeness (QED) is 0.529. The summed E-state index contributed by atoms with van der Waals surface area (Å²) in [5.41, 5.74) is 12.2. The van der Waals surface area contributed by atoms with Crippen molar-refractivity contribution >= 4 is 25.9 Å². The summed E-state index contributed by atoms with van der Waals surface area (Å²) in [6.07, 6.45) is 3.26. The van der Waals surface area contributed by atoms with Gasteiger partial charge < -0.3 is 5.73 Å². The van der Waals surface area contributed by atoms with E-state index in [0.717, 1.165) is 11.3 Å². The van der Waals surface area contributed by atoms with E-state index in [1.54, 1.807) is 12.3 Å². The van der Waals surface area contributed by atoms with Crippen molar-refractivity contribution in [3.8, 4) is 11.5 Å². The van der Waals surface area contributed by atoms with Gasteiger partial charge in [0.2, 0.25) is 5.95 Å². The number of hydrogen-bond acceptors (Lipinski definition) is 4. The number of aliphatic imine (C=N–C) groups is 1. The molecule has 0 radical (unpaired) electrons. The molecule has 2 N–H and O–H groups in total. The maximum Gasteiger partial charge on any atom is 0.221 e. The summed E-state index contributed by atoms with van der Waals surface area (Å²) < 4.78 is 0. The third kappa shape index (κ3) is 5.75. The molecular formula is C16H22N4Si. The van der Waals surface area contributed by atoms with Crippen molar-refractivity contribution in [1.82, 2.24) is 9.97 Å². The number of anilines is 1. The second kappa shape index (κ2) is 7.00. The van der Waals surface area contributed by atoms with Crippen LogP contribution < -0.4 is 5.73 Å². The van der Waals surface area contributed by atoms with Gasteiger partial charge in [-0.05, 0) is 19.4 Å². The molecule has 1 aromatic rings. The van der Waals surface area contributed by atoms with Crippen molar-refractivity contribution in [2.75, 3.05) is 5.73 Å². The van der Waals surface area contributed by atoms with E-state index in [1.165, 1.54) is 0 Å². The molecule has 0 spiro atoms. The van der Waals surface area contributed by atoms with Gasteiger partial charge in [0.25, 0.3) is 0 Å². The minimum Gasteiger partial charge on any atom is -0.368 e. The van der Waals surface area contributed by atoms with Crippen LogP contribution in [-0.4, -0.2) is 24.3 Å². The van der Waals surface area contributed by atoms with Gasteiger partial charge in [-0.2, -0.15) is 0 Å². The fourth-order valence-corrected chi connectivity index (χ4v) is 1.98. The van der Waals surface area contributed by atoms with Crippen molar-refractivity contribution in [2.45, 2.75) is 33.5 Å². The minimum atomic E-state index is -1.46. The number of aromatic nitrogens is 2. The molecule has 0 unspecified atom stereocenters. The smallest absolute Gasteiger partial charge is 0.221 e. The molecule has 0 saturated heterocycles. The van der Waals surface area contributed by atoms with Crippen LogP contribution in [0.5, 0.6) is 0 Å². The summed E-state index contributed by atoms with van der Waals surface area (Å²) in [6, 6.07) is 1.83. The Hall–Kier alpha value is -2.19. The number of rotatable bonds is 3. The fourth-order valence-electron chi connectivity index (χ4n) is 1.48. The molecule has 1 heterocycles. The highest BCUT2D eigenvalue weighted by Gasteiger charge is 2.10. The molecule has 1 rings (SSSR count). The maximum absolute atomic E-state index is 5.79. The van der Waals surface area contributed by atoms with Crippen molar-refractivity contribution in [3.63, 3.8) is 0 Å². The highest BCUT2D eigenvalue weighted by atomic mass is 28.3. The fraction of sp³-hybridized carbons (Fsp3) is 0.312. The van der Waals surface area contributed by atoms with Crippen molar-refractivity contribution in [3.05, 3.63) is 35.7 Å². The zero-order valence-electron chi connectivity index (χ0n) is 13.4. The summed E-state index contributed by atoms with van der Waals surface area (Å²) in [4.78, 5) is 12.8. The molecule has 0 saturated carbocycles. The molecule has 4 nitrogen and oxygen atoms in total. The van der Waals surface area contributed by atoms with E-state index in [0.29, 0.717) is 11.4 Å². The standard InChI is InChI=1S/C16H22N4Si/c1-7-9-18-15(12(2)3)14-11-13(19-16(17)20-14)8-10-21(4,5)6/h7,9,11H,1H2,2-6H3,(H2,17,19,20)/b18-9-. The van der Waals surface area contributed by atoms with Crippen LogP contribution in [0.15, 0.2) is 29.3 Å². The van der Waals surface area contributed by atoms with Gasteiger partial charge in [-0.1, -0.05) is 38.2 Å². The largest absolute Gasteiger partial charge is 0.368 e. The zero-order valence-corrected chi connectivity index (χ0v) is 14.4. The average molecular weight is 298 g/mol. The molecule has 5 heteroatoms. The Kier molecular flexibility index (Phi) is 5.62. The Balaban J connectivity index is 3.35. The first-order chi connectivity index (χ1) is 9.73. The molecule has 0 aliphatic heterocycles. The lowest BCUT2D eigenvalue weighted by molar-refractivity contribution is 1.13. The number of nitrogens with two attached hydrogens (primary N) is 1. The van der Waals surface area contributed by atoms with Crippen LogP contribution in [0.4, 0.5) is 5.95 Å².